The van der Waals surface area contributed by atoms with Crippen molar-refractivity contribution in [3.05, 3.63) is 34.9 Å². The Bertz CT molecular complexity index is 452. The van der Waals surface area contributed by atoms with Gasteiger partial charge in [-0.3, -0.25) is 4.79 Å². The van der Waals surface area contributed by atoms with Gasteiger partial charge in [-0.15, -0.1) is 0 Å². The van der Waals surface area contributed by atoms with Gasteiger partial charge >= 0.3 is 0 Å². The molecule has 0 aliphatic heterocycles. The minimum Gasteiger partial charge on any atom is -0.389 e. The number of benzene rings is 1. The summed E-state index contributed by atoms with van der Waals surface area (Å²) in [5.74, 6) is 0.228. The molecule has 3 atom stereocenters. The first kappa shape index (κ1) is 14.3. The molecule has 4 nitrogen and oxygen atoms in total. The Kier molecular flexibility index (Phi) is 4.80. The quantitative estimate of drug-likeness (QED) is 0.833. The van der Waals surface area contributed by atoms with E-state index in [1.807, 2.05) is 24.3 Å². The third kappa shape index (κ3) is 3.93. The van der Waals surface area contributed by atoms with E-state index in [0.29, 0.717) is 5.02 Å². The zero-order chi connectivity index (χ0) is 13.8. The van der Waals surface area contributed by atoms with Crippen molar-refractivity contribution in [2.45, 2.75) is 18.4 Å². The largest absolute Gasteiger partial charge is 0.389 e. The van der Waals surface area contributed by atoms with Crippen LogP contribution in [0.15, 0.2) is 24.3 Å². The number of amides is 1. The second-order valence-electron chi connectivity index (χ2n) is 4.86. The first-order valence-corrected chi connectivity index (χ1v) is 6.69. The fraction of sp³-hybridized carbons (Fsp3) is 0.500. The third-order valence-electron chi connectivity index (χ3n) is 3.28. The summed E-state index contributed by atoms with van der Waals surface area (Å²) in [6.07, 6.45) is 0.185. The number of aliphatic hydroxyl groups excluding tert-OH is 1. The standard InChI is InChI=1S/C14H18ClNO3/c1-19-8-11(17)7-16-14(18)13-6-12(13)9-3-2-4-10(15)5-9/h2-5,11-13,17H,6-8H2,1H3,(H,16,18). The highest BCUT2D eigenvalue weighted by Crippen LogP contribution is 2.47. The molecule has 3 unspecified atom stereocenters. The van der Waals surface area contributed by atoms with Crippen LogP contribution < -0.4 is 5.32 Å². The van der Waals surface area contributed by atoms with Crippen LogP contribution in [0, 0.1) is 5.92 Å². The van der Waals surface area contributed by atoms with Gasteiger partial charge in [0.15, 0.2) is 0 Å². The maximum Gasteiger partial charge on any atom is 0.223 e. The molecule has 19 heavy (non-hydrogen) atoms. The number of hydrogen-bond donors (Lipinski definition) is 2. The highest BCUT2D eigenvalue weighted by Gasteiger charge is 2.43. The molecule has 1 fully saturated rings. The summed E-state index contributed by atoms with van der Waals surface area (Å²) in [6, 6.07) is 7.61. The summed E-state index contributed by atoms with van der Waals surface area (Å²) >= 11 is 5.93. The van der Waals surface area contributed by atoms with Crippen LogP contribution in [0.4, 0.5) is 0 Å². The summed E-state index contributed by atoms with van der Waals surface area (Å²) < 4.78 is 4.80. The van der Waals surface area contributed by atoms with Gasteiger partial charge in [-0.25, -0.2) is 0 Å². The van der Waals surface area contributed by atoms with Gasteiger partial charge in [0.1, 0.15) is 0 Å². The van der Waals surface area contributed by atoms with Gasteiger partial charge < -0.3 is 15.2 Å². The fourth-order valence-electron chi connectivity index (χ4n) is 2.19. The van der Waals surface area contributed by atoms with Crippen molar-refractivity contribution in [2.75, 3.05) is 20.3 Å². The topological polar surface area (TPSA) is 58.6 Å². The zero-order valence-corrected chi connectivity index (χ0v) is 11.6. The Balaban J connectivity index is 1.80. The van der Waals surface area contributed by atoms with Crippen LogP contribution in [0.1, 0.15) is 17.9 Å². The summed E-state index contributed by atoms with van der Waals surface area (Å²) in [5.41, 5.74) is 1.10. The highest BCUT2D eigenvalue weighted by atomic mass is 35.5. The van der Waals surface area contributed by atoms with Gasteiger partial charge in [0.25, 0.3) is 0 Å². The zero-order valence-electron chi connectivity index (χ0n) is 10.8. The van der Waals surface area contributed by atoms with Crippen molar-refractivity contribution in [2.24, 2.45) is 5.92 Å². The molecule has 5 heteroatoms. The average Bonchev–Trinajstić information content (AvgIpc) is 3.16. The molecule has 1 saturated carbocycles. The molecule has 1 aliphatic rings. The summed E-state index contributed by atoms with van der Waals surface area (Å²) in [4.78, 5) is 11.9. The van der Waals surface area contributed by atoms with Gasteiger partial charge in [0, 0.05) is 24.6 Å². The number of methoxy groups -OCH3 is 1. The Labute approximate surface area is 117 Å². The second kappa shape index (κ2) is 6.37. The smallest absolute Gasteiger partial charge is 0.223 e. The second-order valence-corrected chi connectivity index (χ2v) is 5.29. The van der Waals surface area contributed by atoms with Gasteiger partial charge in [0.05, 0.1) is 12.7 Å². The van der Waals surface area contributed by atoms with Gasteiger partial charge in [-0.05, 0) is 30.0 Å². The van der Waals surface area contributed by atoms with Crippen LogP contribution in [0.25, 0.3) is 0 Å². The fourth-order valence-corrected chi connectivity index (χ4v) is 2.39. The Morgan fingerprint density at radius 1 is 1.63 bits per heavy atom. The summed E-state index contributed by atoms with van der Waals surface area (Å²) in [7, 11) is 1.51. The molecule has 0 spiro atoms. The molecule has 1 aliphatic carbocycles. The van der Waals surface area contributed by atoms with E-state index in [-0.39, 0.29) is 30.9 Å². The maximum absolute atomic E-state index is 11.9. The van der Waals surface area contributed by atoms with E-state index in [1.54, 1.807) is 0 Å². The molecule has 0 bridgehead atoms. The molecule has 104 valence electrons. The lowest BCUT2D eigenvalue weighted by atomic mass is 10.1. The predicted molar refractivity (Wildman–Crippen MR) is 73.2 cm³/mol. The molecule has 1 amide bonds. The maximum atomic E-state index is 11.9. The van der Waals surface area contributed by atoms with Gasteiger partial charge in [0.2, 0.25) is 5.91 Å². The van der Waals surface area contributed by atoms with Gasteiger partial charge in [-0.1, -0.05) is 23.7 Å². The predicted octanol–water partition coefficient (Wildman–Crippen LogP) is 1.57. The lowest BCUT2D eigenvalue weighted by Gasteiger charge is -2.10. The molecule has 0 saturated heterocycles. The normalized spacial score (nSPS) is 22.9. The van der Waals surface area contributed by atoms with Crippen molar-refractivity contribution in [3.63, 3.8) is 0 Å². The number of halogens is 1. The van der Waals surface area contributed by atoms with E-state index in [1.165, 1.54) is 7.11 Å². The summed E-state index contributed by atoms with van der Waals surface area (Å²) in [6.45, 7) is 0.452. The minimum absolute atomic E-state index is 0.00629. The van der Waals surface area contributed by atoms with E-state index >= 15 is 0 Å². The molecule has 2 rings (SSSR count). The van der Waals surface area contributed by atoms with E-state index < -0.39 is 6.10 Å². The first-order chi connectivity index (χ1) is 9.11. The summed E-state index contributed by atoms with van der Waals surface area (Å²) in [5, 5.41) is 12.9. The number of rotatable bonds is 6. The van der Waals surface area contributed by atoms with Crippen molar-refractivity contribution in [3.8, 4) is 0 Å². The molecular formula is C14H18ClNO3. The number of aliphatic hydroxyl groups is 1. The molecule has 1 aromatic carbocycles. The van der Waals surface area contributed by atoms with Gasteiger partial charge in [-0.2, -0.15) is 0 Å². The Morgan fingerprint density at radius 2 is 2.42 bits per heavy atom. The van der Waals surface area contributed by atoms with Crippen LogP contribution in [-0.2, 0) is 9.53 Å². The molecular weight excluding hydrogens is 266 g/mol. The average molecular weight is 284 g/mol. The first-order valence-electron chi connectivity index (χ1n) is 6.32. The molecule has 2 N–H and O–H groups in total. The number of ether oxygens (including phenoxy) is 1. The van der Waals surface area contributed by atoms with E-state index in [0.717, 1.165) is 12.0 Å². The number of hydrogen-bond acceptors (Lipinski definition) is 3. The van der Waals surface area contributed by atoms with Crippen LogP contribution >= 0.6 is 11.6 Å². The van der Waals surface area contributed by atoms with E-state index in [2.05, 4.69) is 5.32 Å². The van der Waals surface area contributed by atoms with Crippen LogP contribution in [-0.4, -0.2) is 37.4 Å². The molecule has 0 heterocycles. The van der Waals surface area contributed by atoms with Crippen molar-refractivity contribution in [1.82, 2.24) is 5.32 Å². The monoisotopic (exact) mass is 283 g/mol. The molecule has 0 aromatic heterocycles. The molecule has 1 aromatic rings. The van der Waals surface area contributed by atoms with Crippen molar-refractivity contribution < 1.29 is 14.6 Å². The number of nitrogens with one attached hydrogen (secondary N) is 1. The number of carbonyl (C=O) groups excluding carboxylic acids is 1. The van der Waals surface area contributed by atoms with Crippen LogP contribution in [0.3, 0.4) is 0 Å². The van der Waals surface area contributed by atoms with Crippen molar-refractivity contribution >= 4 is 17.5 Å². The van der Waals surface area contributed by atoms with Crippen molar-refractivity contribution in [1.29, 1.82) is 0 Å². The lowest BCUT2D eigenvalue weighted by molar-refractivity contribution is -0.123. The SMILES string of the molecule is COCC(O)CNC(=O)C1CC1c1cccc(Cl)c1. The third-order valence-corrected chi connectivity index (χ3v) is 3.51. The number of carbonyl (C=O) groups is 1. The van der Waals surface area contributed by atoms with Crippen LogP contribution in [0.2, 0.25) is 5.02 Å². The van der Waals surface area contributed by atoms with Crippen LogP contribution in [0.5, 0.6) is 0 Å². The Morgan fingerprint density at radius 3 is 3.11 bits per heavy atom. The highest BCUT2D eigenvalue weighted by molar-refractivity contribution is 6.30. The molecule has 0 radical (unpaired) electrons. The lowest BCUT2D eigenvalue weighted by Crippen LogP contribution is -2.35. The Hall–Kier alpha value is -1.10. The minimum atomic E-state index is -0.655. The van der Waals surface area contributed by atoms with E-state index in [9.17, 15) is 9.90 Å². The van der Waals surface area contributed by atoms with E-state index in [4.69, 9.17) is 16.3 Å².